The molecule has 1 aromatic rings. The number of Topliss-reactive ketones (excluding diaryl/α,β-unsaturated/α-hetero) is 1. The van der Waals surface area contributed by atoms with Crippen LogP contribution in [-0.2, 0) is 4.74 Å². The maximum absolute atomic E-state index is 11.9. The normalized spacial score (nSPS) is 19.9. The molecule has 1 atom stereocenters. The van der Waals surface area contributed by atoms with Gasteiger partial charge in [-0.3, -0.25) is 4.79 Å². The van der Waals surface area contributed by atoms with Crippen LogP contribution in [-0.4, -0.2) is 43.3 Å². The van der Waals surface area contributed by atoms with Gasteiger partial charge in [-0.25, -0.2) is 0 Å². The summed E-state index contributed by atoms with van der Waals surface area (Å²) in [7, 11) is 0. The van der Waals surface area contributed by atoms with Crippen LogP contribution in [0.5, 0.6) is 0 Å². The summed E-state index contributed by atoms with van der Waals surface area (Å²) in [6.45, 7) is 3.85. The highest BCUT2D eigenvalue weighted by atomic mass is 16.5. The third-order valence-electron chi connectivity index (χ3n) is 3.21. The number of anilines is 1. The van der Waals surface area contributed by atoms with Crippen LogP contribution in [0.2, 0.25) is 0 Å². The van der Waals surface area contributed by atoms with E-state index in [1.54, 1.807) is 0 Å². The lowest BCUT2D eigenvalue weighted by Gasteiger charge is -2.34. The second-order valence-electron chi connectivity index (χ2n) is 4.42. The standard InChI is InChI=1S/C14H19NO3/c1-2-14(17)12-5-3-4-6-13(12)15-7-8-18-11(9-15)10-16/h3-6,11,16H,2,7-10H2,1H3. The van der Waals surface area contributed by atoms with Gasteiger partial charge in [0.25, 0.3) is 0 Å². The van der Waals surface area contributed by atoms with Crippen molar-refractivity contribution in [3.8, 4) is 0 Å². The molecule has 0 bridgehead atoms. The molecule has 1 aliphatic rings. The predicted octanol–water partition coefficient (Wildman–Crippen LogP) is 1.48. The first-order valence-electron chi connectivity index (χ1n) is 6.36. The molecule has 0 radical (unpaired) electrons. The number of carbonyl (C=O) groups excluding carboxylic acids is 1. The van der Waals surface area contributed by atoms with Gasteiger partial charge in [0.15, 0.2) is 5.78 Å². The number of rotatable bonds is 4. The van der Waals surface area contributed by atoms with Gasteiger partial charge in [0.05, 0.1) is 19.3 Å². The third kappa shape index (κ3) is 2.71. The van der Waals surface area contributed by atoms with E-state index >= 15 is 0 Å². The summed E-state index contributed by atoms with van der Waals surface area (Å²) in [6.07, 6.45) is 0.341. The first kappa shape index (κ1) is 13.1. The molecule has 1 unspecified atom stereocenters. The number of benzene rings is 1. The maximum atomic E-state index is 11.9. The maximum Gasteiger partial charge on any atom is 0.164 e. The number of hydrogen-bond acceptors (Lipinski definition) is 4. The minimum absolute atomic E-state index is 0.0143. The van der Waals surface area contributed by atoms with Gasteiger partial charge in [-0.2, -0.15) is 0 Å². The predicted molar refractivity (Wildman–Crippen MR) is 70.1 cm³/mol. The Morgan fingerprint density at radius 2 is 2.28 bits per heavy atom. The van der Waals surface area contributed by atoms with Crippen molar-refractivity contribution in [1.82, 2.24) is 0 Å². The number of aliphatic hydroxyl groups excluding tert-OH is 1. The molecule has 1 N–H and O–H groups in total. The zero-order valence-corrected chi connectivity index (χ0v) is 10.6. The van der Waals surface area contributed by atoms with E-state index in [0.29, 0.717) is 19.6 Å². The van der Waals surface area contributed by atoms with Gasteiger partial charge in [-0.1, -0.05) is 19.1 Å². The van der Waals surface area contributed by atoms with E-state index in [1.165, 1.54) is 0 Å². The quantitative estimate of drug-likeness (QED) is 0.821. The second-order valence-corrected chi connectivity index (χ2v) is 4.42. The number of ketones is 1. The number of ether oxygens (including phenoxy) is 1. The van der Waals surface area contributed by atoms with Crippen LogP contribution in [0.4, 0.5) is 5.69 Å². The number of morpholine rings is 1. The van der Waals surface area contributed by atoms with E-state index in [4.69, 9.17) is 9.84 Å². The third-order valence-corrected chi connectivity index (χ3v) is 3.21. The molecule has 4 heteroatoms. The highest BCUT2D eigenvalue weighted by molar-refractivity contribution is 6.01. The van der Waals surface area contributed by atoms with Crippen molar-refractivity contribution in [3.05, 3.63) is 29.8 Å². The Morgan fingerprint density at radius 3 is 3.00 bits per heavy atom. The molecule has 1 saturated heterocycles. The Kier molecular flexibility index (Phi) is 4.33. The van der Waals surface area contributed by atoms with Crippen molar-refractivity contribution in [2.24, 2.45) is 0 Å². The molecule has 4 nitrogen and oxygen atoms in total. The Balaban J connectivity index is 2.24. The summed E-state index contributed by atoms with van der Waals surface area (Å²) in [5.74, 6) is 0.151. The molecule has 1 aromatic carbocycles. The van der Waals surface area contributed by atoms with Crippen molar-refractivity contribution < 1.29 is 14.6 Å². The molecule has 0 aromatic heterocycles. The lowest BCUT2D eigenvalue weighted by Crippen LogP contribution is -2.44. The molecular weight excluding hydrogens is 230 g/mol. The summed E-state index contributed by atoms with van der Waals surface area (Å²) >= 11 is 0. The molecule has 0 aliphatic carbocycles. The van der Waals surface area contributed by atoms with Crippen LogP contribution in [0.3, 0.4) is 0 Å². The molecule has 18 heavy (non-hydrogen) atoms. The number of hydrogen-bond donors (Lipinski definition) is 1. The van der Waals surface area contributed by atoms with Crippen LogP contribution in [0.1, 0.15) is 23.7 Å². The Bertz CT molecular complexity index is 419. The summed E-state index contributed by atoms with van der Waals surface area (Å²) in [5.41, 5.74) is 1.71. The average molecular weight is 249 g/mol. The van der Waals surface area contributed by atoms with E-state index in [-0.39, 0.29) is 18.5 Å². The number of carbonyl (C=O) groups is 1. The van der Waals surface area contributed by atoms with Crippen molar-refractivity contribution in [2.75, 3.05) is 31.2 Å². The molecule has 98 valence electrons. The SMILES string of the molecule is CCC(=O)c1ccccc1N1CCOC(CO)C1. The van der Waals surface area contributed by atoms with Crippen LogP contribution in [0.25, 0.3) is 0 Å². The van der Waals surface area contributed by atoms with Crippen molar-refractivity contribution >= 4 is 11.5 Å². The lowest BCUT2D eigenvalue weighted by atomic mass is 10.0. The minimum atomic E-state index is -0.163. The van der Waals surface area contributed by atoms with E-state index in [0.717, 1.165) is 17.8 Å². The Morgan fingerprint density at radius 1 is 1.50 bits per heavy atom. The number of nitrogens with zero attached hydrogens (tertiary/aromatic N) is 1. The van der Waals surface area contributed by atoms with Gasteiger partial charge in [-0.15, -0.1) is 0 Å². The Labute approximate surface area is 107 Å². The highest BCUT2D eigenvalue weighted by Gasteiger charge is 2.22. The van der Waals surface area contributed by atoms with Crippen molar-refractivity contribution in [2.45, 2.75) is 19.4 Å². The van der Waals surface area contributed by atoms with Gasteiger partial charge in [0, 0.05) is 30.8 Å². The van der Waals surface area contributed by atoms with Gasteiger partial charge in [0.2, 0.25) is 0 Å². The van der Waals surface area contributed by atoms with Gasteiger partial charge >= 0.3 is 0 Å². The van der Waals surface area contributed by atoms with Gasteiger partial charge in [0.1, 0.15) is 0 Å². The zero-order chi connectivity index (χ0) is 13.0. The molecule has 0 saturated carbocycles. The fourth-order valence-electron chi connectivity index (χ4n) is 2.22. The molecule has 1 fully saturated rings. The summed E-state index contributed by atoms with van der Waals surface area (Å²) in [4.78, 5) is 14.0. The van der Waals surface area contributed by atoms with Gasteiger partial charge in [-0.05, 0) is 12.1 Å². The minimum Gasteiger partial charge on any atom is -0.394 e. The number of para-hydroxylation sites is 1. The van der Waals surface area contributed by atoms with Crippen LogP contribution < -0.4 is 4.90 Å². The summed E-state index contributed by atoms with van der Waals surface area (Å²) in [6, 6.07) is 7.65. The smallest absolute Gasteiger partial charge is 0.164 e. The van der Waals surface area contributed by atoms with E-state index in [9.17, 15) is 4.79 Å². The first-order valence-corrected chi connectivity index (χ1v) is 6.36. The first-order chi connectivity index (χ1) is 8.76. The molecule has 0 spiro atoms. The fourth-order valence-corrected chi connectivity index (χ4v) is 2.22. The van der Waals surface area contributed by atoms with Crippen molar-refractivity contribution in [1.29, 1.82) is 0 Å². The summed E-state index contributed by atoms with van der Waals surface area (Å²) < 4.78 is 5.43. The fraction of sp³-hybridized carbons (Fsp3) is 0.500. The molecule has 0 amide bonds. The van der Waals surface area contributed by atoms with Crippen LogP contribution >= 0.6 is 0 Å². The number of aliphatic hydroxyl groups is 1. The lowest BCUT2D eigenvalue weighted by molar-refractivity contribution is 0.00353. The zero-order valence-electron chi connectivity index (χ0n) is 10.6. The molecule has 1 aliphatic heterocycles. The van der Waals surface area contributed by atoms with E-state index in [1.807, 2.05) is 31.2 Å². The van der Waals surface area contributed by atoms with E-state index < -0.39 is 0 Å². The second kappa shape index (κ2) is 5.98. The summed E-state index contributed by atoms with van der Waals surface area (Å²) in [5, 5.41) is 9.16. The van der Waals surface area contributed by atoms with Gasteiger partial charge < -0.3 is 14.7 Å². The van der Waals surface area contributed by atoms with E-state index in [2.05, 4.69) is 4.90 Å². The topological polar surface area (TPSA) is 49.8 Å². The van der Waals surface area contributed by atoms with Crippen LogP contribution in [0, 0.1) is 0 Å². The molecule has 2 rings (SSSR count). The largest absolute Gasteiger partial charge is 0.394 e. The monoisotopic (exact) mass is 249 g/mol. The van der Waals surface area contributed by atoms with Crippen LogP contribution in [0.15, 0.2) is 24.3 Å². The Hall–Kier alpha value is -1.39. The average Bonchev–Trinajstić information content (AvgIpc) is 2.46. The highest BCUT2D eigenvalue weighted by Crippen LogP contribution is 2.23. The molecular formula is C14H19NO3. The molecule has 1 heterocycles. The van der Waals surface area contributed by atoms with Crippen molar-refractivity contribution in [3.63, 3.8) is 0 Å².